The molecule has 0 aliphatic carbocycles. The first kappa shape index (κ1) is 15.3. The second kappa shape index (κ2) is 6.59. The zero-order valence-electron chi connectivity index (χ0n) is 12.6. The van der Waals surface area contributed by atoms with Crippen LogP contribution in [0, 0.1) is 11.3 Å². The molecule has 2 rings (SSSR count). The van der Waals surface area contributed by atoms with Gasteiger partial charge in [0.05, 0.1) is 32.6 Å². The van der Waals surface area contributed by atoms with Crippen LogP contribution in [0.3, 0.4) is 0 Å². The Morgan fingerprint density at radius 3 is 2.14 bits per heavy atom. The number of nitrogens with two attached hydrogens (primary N) is 1. The third-order valence-corrected chi connectivity index (χ3v) is 3.11. The number of rotatable bonds is 5. The molecular weight excluding hydrogens is 282 g/mol. The molecule has 0 heterocycles. The van der Waals surface area contributed by atoms with Crippen molar-refractivity contribution in [1.29, 1.82) is 5.26 Å². The molecule has 0 fully saturated rings. The number of ether oxygens (including phenoxy) is 3. The van der Waals surface area contributed by atoms with Gasteiger partial charge < -0.3 is 25.3 Å². The molecule has 0 atom stereocenters. The van der Waals surface area contributed by atoms with Crippen molar-refractivity contribution in [3.8, 4) is 23.3 Å². The minimum atomic E-state index is 0.453. The molecule has 2 aromatic rings. The monoisotopic (exact) mass is 299 g/mol. The first-order chi connectivity index (χ1) is 10.6. The van der Waals surface area contributed by atoms with Crippen molar-refractivity contribution in [3.05, 3.63) is 35.9 Å². The zero-order chi connectivity index (χ0) is 16.1. The average Bonchev–Trinajstić information content (AvgIpc) is 2.55. The summed E-state index contributed by atoms with van der Waals surface area (Å²) >= 11 is 0. The van der Waals surface area contributed by atoms with E-state index in [2.05, 4.69) is 11.4 Å². The lowest BCUT2D eigenvalue weighted by atomic mass is 10.1. The summed E-state index contributed by atoms with van der Waals surface area (Å²) in [6.07, 6.45) is 0. The van der Waals surface area contributed by atoms with Gasteiger partial charge in [0.1, 0.15) is 6.07 Å². The minimum absolute atomic E-state index is 0.453. The lowest BCUT2D eigenvalue weighted by Gasteiger charge is -2.15. The third-order valence-electron chi connectivity index (χ3n) is 3.11. The summed E-state index contributed by atoms with van der Waals surface area (Å²) in [6.45, 7) is 0. The highest BCUT2D eigenvalue weighted by molar-refractivity contribution is 5.72. The van der Waals surface area contributed by atoms with Gasteiger partial charge >= 0.3 is 0 Å². The van der Waals surface area contributed by atoms with Crippen molar-refractivity contribution in [2.24, 2.45) is 0 Å². The van der Waals surface area contributed by atoms with Crippen LogP contribution in [-0.2, 0) is 0 Å². The summed E-state index contributed by atoms with van der Waals surface area (Å²) in [5.41, 5.74) is 8.03. The van der Waals surface area contributed by atoms with Gasteiger partial charge in [0.25, 0.3) is 0 Å². The molecule has 0 aromatic heterocycles. The number of methoxy groups -OCH3 is 3. The molecule has 0 spiro atoms. The van der Waals surface area contributed by atoms with E-state index in [1.54, 1.807) is 51.7 Å². The van der Waals surface area contributed by atoms with Crippen LogP contribution in [-0.4, -0.2) is 21.3 Å². The van der Waals surface area contributed by atoms with Gasteiger partial charge in [-0.05, 0) is 18.2 Å². The summed E-state index contributed by atoms with van der Waals surface area (Å²) in [5.74, 6) is 1.56. The van der Waals surface area contributed by atoms with Crippen LogP contribution in [0.5, 0.6) is 17.2 Å². The van der Waals surface area contributed by atoms with E-state index < -0.39 is 0 Å². The SMILES string of the molecule is COc1cc(Nc2ccc(N)cc2C#N)cc(OC)c1OC. The highest BCUT2D eigenvalue weighted by Gasteiger charge is 2.14. The molecule has 2 aromatic carbocycles. The zero-order valence-corrected chi connectivity index (χ0v) is 12.6. The molecule has 0 amide bonds. The van der Waals surface area contributed by atoms with E-state index in [0.717, 1.165) is 0 Å². The molecule has 0 aliphatic heterocycles. The fourth-order valence-corrected chi connectivity index (χ4v) is 2.07. The molecule has 0 bridgehead atoms. The summed E-state index contributed by atoms with van der Waals surface area (Å²) in [6, 6.07) is 10.7. The topological polar surface area (TPSA) is 89.5 Å². The molecule has 0 aliphatic rings. The van der Waals surface area contributed by atoms with Gasteiger partial charge in [-0.1, -0.05) is 0 Å². The molecule has 114 valence electrons. The van der Waals surface area contributed by atoms with E-state index in [1.165, 1.54) is 0 Å². The Morgan fingerprint density at radius 2 is 1.64 bits per heavy atom. The van der Waals surface area contributed by atoms with Crippen molar-refractivity contribution in [1.82, 2.24) is 0 Å². The fourth-order valence-electron chi connectivity index (χ4n) is 2.07. The van der Waals surface area contributed by atoms with Crippen LogP contribution in [0.1, 0.15) is 5.56 Å². The first-order valence-corrected chi connectivity index (χ1v) is 6.49. The van der Waals surface area contributed by atoms with E-state index in [-0.39, 0.29) is 0 Å². The van der Waals surface area contributed by atoms with E-state index in [0.29, 0.717) is 39.9 Å². The van der Waals surface area contributed by atoms with Gasteiger partial charge in [-0.3, -0.25) is 0 Å². The molecule has 0 unspecified atom stereocenters. The molecule has 22 heavy (non-hydrogen) atoms. The van der Waals surface area contributed by atoms with Crippen LogP contribution < -0.4 is 25.3 Å². The molecule has 0 saturated heterocycles. The van der Waals surface area contributed by atoms with Gasteiger partial charge in [0.2, 0.25) is 5.75 Å². The van der Waals surface area contributed by atoms with Crippen LogP contribution in [0.4, 0.5) is 17.1 Å². The van der Waals surface area contributed by atoms with Crippen molar-refractivity contribution in [2.75, 3.05) is 32.4 Å². The number of hydrogen-bond donors (Lipinski definition) is 2. The van der Waals surface area contributed by atoms with Crippen LogP contribution in [0.2, 0.25) is 0 Å². The lowest BCUT2D eigenvalue weighted by Crippen LogP contribution is -1.99. The molecule has 0 saturated carbocycles. The Morgan fingerprint density at radius 1 is 1.00 bits per heavy atom. The maximum atomic E-state index is 9.19. The van der Waals surface area contributed by atoms with Crippen LogP contribution in [0.25, 0.3) is 0 Å². The van der Waals surface area contributed by atoms with Gasteiger partial charge in [-0.25, -0.2) is 0 Å². The predicted molar refractivity (Wildman–Crippen MR) is 85.0 cm³/mol. The quantitative estimate of drug-likeness (QED) is 0.825. The maximum Gasteiger partial charge on any atom is 0.203 e. The molecule has 3 N–H and O–H groups in total. The fraction of sp³-hybridized carbons (Fsp3) is 0.188. The van der Waals surface area contributed by atoms with Crippen LogP contribution >= 0.6 is 0 Å². The van der Waals surface area contributed by atoms with E-state index in [1.807, 2.05) is 0 Å². The average molecular weight is 299 g/mol. The second-order valence-corrected chi connectivity index (χ2v) is 4.46. The van der Waals surface area contributed by atoms with Crippen LogP contribution in [0.15, 0.2) is 30.3 Å². The first-order valence-electron chi connectivity index (χ1n) is 6.49. The highest BCUT2D eigenvalue weighted by Crippen LogP contribution is 2.40. The smallest absolute Gasteiger partial charge is 0.203 e. The van der Waals surface area contributed by atoms with Crippen molar-refractivity contribution >= 4 is 17.1 Å². The Bertz CT molecular complexity index is 698. The number of hydrogen-bond acceptors (Lipinski definition) is 6. The lowest BCUT2D eigenvalue weighted by molar-refractivity contribution is 0.324. The van der Waals surface area contributed by atoms with E-state index in [9.17, 15) is 5.26 Å². The number of nitrogens with zero attached hydrogens (tertiary/aromatic N) is 1. The Balaban J connectivity index is 2.44. The molecular formula is C16H17N3O3. The van der Waals surface area contributed by atoms with Crippen molar-refractivity contribution < 1.29 is 14.2 Å². The number of nitriles is 1. The Labute approximate surface area is 129 Å². The third kappa shape index (κ3) is 2.99. The Hall–Kier alpha value is -3.07. The largest absolute Gasteiger partial charge is 0.493 e. The number of nitrogen functional groups attached to an aromatic ring is 1. The van der Waals surface area contributed by atoms with Gasteiger partial charge in [0.15, 0.2) is 11.5 Å². The van der Waals surface area contributed by atoms with Crippen molar-refractivity contribution in [2.45, 2.75) is 0 Å². The molecule has 6 heteroatoms. The predicted octanol–water partition coefficient (Wildman–Crippen LogP) is 2.91. The van der Waals surface area contributed by atoms with Gasteiger partial charge in [0, 0.05) is 23.5 Å². The Kier molecular flexibility index (Phi) is 4.59. The number of benzene rings is 2. The van der Waals surface area contributed by atoms with Gasteiger partial charge in [-0.15, -0.1) is 0 Å². The summed E-state index contributed by atoms with van der Waals surface area (Å²) in [4.78, 5) is 0. The van der Waals surface area contributed by atoms with E-state index in [4.69, 9.17) is 19.9 Å². The standard InChI is InChI=1S/C16H17N3O3/c1-20-14-7-12(8-15(21-2)16(14)22-3)19-13-5-4-11(18)6-10(13)9-17/h4-8,19H,18H2,1-3H3. The maximum absolute atomic E-state index is 9.19. The molecule has 0 radical (unpaired) electrons. The summed E-state index contributed by atoms with van der Waals surface area (Å²) in [5, 5.41) is 12.3. The van der Waals surface area contributed by atoms with Gasteiger partial charge in [-0.2, -0.15) is 5.26 Å². The normalized spacial score (nSPS) is 9.73. The minimum Gasteiger partial charge on any atom is -0.493 e. The summed E-state index contributed by atoms with van der Waals surface area (Å²) < 4.78 is 15.9. The van der Waals surface area contributed by atoms with E-state index >= 15 is 0 Å². The number of nitrogens with one attached hydrogen (secondary N) is 1. The highest BCUT2D eigenvalue weighted by atomic mass is 16.5. The van der Waals surface area contributed by atoms with Crippen molar-refractivity contribution in [3.63, 3.8) is 0 Å². The summed E-state index contributed by atoms with van der Waals surface area (Å²) in [7, 11) is 4.64. The molecule has 6 nitrogen and oxygen atoms in total. The number of anilines is 3. The second-order valence-electron chi connectivity index (χ2n) is 4.46.